The Morgan fingerprint density at radius 3 is 2.55 bits per heavy atom. The number of nitrogens with zero attached hydrogens (tertiary/aromatic N) is 1. The van der Waals surface area contributed by atoms with Gasteiger partial charge in [0.15, 0.2) is 0 Å². The van der Waals surface area contributed by atoms with Gasteiger partial charge in [0.2, 0.25) is 0 Å². The predicted molar refractivity (Wildman–Crippen MR) is 82.0 cm³/mol. The van der Waals surface area contributed by atoms with E-state index in [1.807, 2.05) is 0 Å². The largest absolute Gasteiger partial charge is 0.481 e. The summed E-state index contributed by atoms with van der Waals surface area (Å²) >= 11 is 0. The summed E-state index contributed by atoms with van der Waals surface area (Å²) in [7, 11) is 2.13. The second-order valence-corrected chi connectivity index (χ2v) is 5.42. The van der Waals surface area contributed by atoms with Gasteiger partial charge in [-0.3, -0.25) is 4.79 Å². The third-order valence-electron chi connectivity index (χ3n) is 3.87. The first-order chi connectivity index (χ1) is 9.68. The number of carbonyl (C=O) groups is 1. The Hall–Kier alpha value is -1.77. The number of unbranched alkanes of at least 4 members (excludes halogenated alkanes) is 4. The lowest BCUT2D eigenvalue weighted by molar-refractivity contribution is -0.137. The number of rotatable bonds is 8. The van der Waals surface area contributed by atoms with Crippen molar-refractivity contribution >= 4 is 16.9 Å². The Labute approximate surface area is 120 Å². The molecule has 2 rings (SSSR count). The van der Waals surface area contributed by atoms with E-state index < -0.39 is 5.97 Å². The topological polar surface area (TPSA) is 42.2 Å². The molecule has 0 unspecified atom stereocenters. The smallest absolute Gasteiger partial charge is 0.303 e. The fourth-order valence-corrected chi connectivity index (χ4v) is 2.70. The Kier molecular flexibility index (Phi) is 5.22. The minimum absolute atomic E-state index is 0.309. The standard InChI is InChI=1S/C17H23NO2/c1-18-15(13-14-9-7-8-11-16(14)18)10-5-3-2-4-6-12-17(19)20/h7-9,11,13H,2-6,10,12H2,1H3,(H,19,20). The maximum Gasteiger partial charge on any atom is 0.303 e. The molecular weight excluding hydrogens is 250 g/mol. The molecule has 0 atom stereocenters. The Morgan fingerprint density at radius 2 is 1.80 bits per heavy atom. The molecule has 0 saturated carbocycles. The van der Waals surface area contributed by atoms with Crippen LogP contribution in [0.15, 0.2) is 30.3 Å². The molecule has 3 heteroatoms. The van der Waals surface area contributed by atoms with Crippen molar-refractivity contribution in [2.24, 2.45) is 7.05 Å². The second-order valence-electron chi connectivity index (χ2n) is 5.42. The maximum absolute atomic E-state index is 10.4. The van der Waals surface area contributed by atoms with E-state index in [1.54, 1.807) is 0 Å². The molecule has 0 amide bonds. The number of aliphatic carboxylic acids is 1. The molecule has 0 saturated heterocycles. The van der Waals surface area contributed by atoms with E-state index in [0.29, 0.717) is 6.42 Å². The van der Waals surface area contributed by atoms with Crippen molar-refractivity contribution in [3.05, 3.63) is 36.0 Å². The lowest BCUT2D eigenvalue weighted by Crippen LogP contribution is -1.96. The average Bonchev–Trinajstić information content (AvgIpc) is 2.75. The number of carboxylic acids is 1. The SMILES string of the molecule is Cn1c(CCCCCCCC(=O)O)cc2ccccc21. The van der Waals surface area contributed by atoms with E-state index in [4.69, 9.17) is 5.11 Å². The van der Waals surface area contributed by atoms with Crippen molar-refractivity contribution in [3.63, 3.8) is 0 Å². The van der Waals surface area contributed by atoms with E-state index in [2.05, 4.69) is 41.9 Å². The van der Waals surface area contributed by atoms with Crippen molar-refractivity contribution in [1.82, 2.24) is 4.57 Å². The molecule has 1 aromatic heterocycles. The van der Waals surface area contributed by atoms with Gasteiger partial charge >= 0.3 is 5.97 Å². The Morgan fingerprint density at radius 1 is 1.10 bits per heavy atom. The monoisotopic (exact) mass is 273 g/mol. The molecule has 0 radical (unpaired) electrons. The molecule has 0 fully saturated rings. The van der Waals surface area contributed by atoms with Crippen molar-refractivity contribution in [2.45, 2.75) is 44.9 Å². The van der Waals surface area contributed by atoms with Crippen LogP contribution in [0.2, 0.25) is 0 Å². The van der Waals surface area contributed by atoms with Crippen LogP contribution in [-0.2, 0) is 18.3 Å². The van der Waals surface area contributed by atoms with Crippen molar-refractivity contribution < 1.29 is 9.90 Å². The zero-order valence-electron chi connectivity index (χ0n) is 12.1. The normalized spacial score (nSPS) is 11.1. The minimum Gasteiger partial charge on any atom is -0.481 e. The number of hydrogen-bond acceptors (Lipinski definition) is 1. The van der Waals surface area contributed by atoms with Crippen molar-refractivity contribution in [3.8, 4) is 0 Å². The first-order valence-corrected chi connectivity index (χ1v) is 7.43. The van der Waals surface area contributed by atoms with E-state index in [-0.39, 0.29) is 0 Å². The number of para-hydroxylation sites is 1. The van der Waals surface area contributed by atoms with Crippen LogP contribution in [0.4, 0.5) is 0 Å². The van der Waals surface area contributed by atoms with Crippen LogP contribution >= 0.6 is 0 Å². The highest BCUT2D eigenvalue weighted by Crippen LogP contribution is 2.20. The molecule has 1 aromatic carbocycles. The summed E-state index contributed by atoms with van der Waals surface area (Å²) in [6.07, 6.45) is 6.74. The highest BCUT2D eigenvalue weighted by Gasteiger charge is 2.04. The van der Waals surface area contributed by atoms with Crippen LogP contribution < -0.4 is 0 Å². The number of aryl methyl sites for hydroxylation is 2. The highest BCUT2D eigenvalue weighted by atomic mass is 16.4. The van der Waals surface area contributed by atoms with Gasteiger partial charge in [0.05, 0.1) is 0 Å². The van der Waals surface area contributed by atoms with E-state index >= 15 is 0 Å². The third-order valence-corrected chi connectivity index (χ3v) is 3.87. The van der Waals surface area contributed by atoms with Crippen LogP contribution in [0.1, 0.15) is 44.2 Å². The van der Waals surface area contributed by atoms with Gasteiger partial charge in [-0.05, 0) is 36.8 Å². The molecule has 1 heterocycles. The summed E-state index contributed by atoms with van der Waals surface area (Å²) in [6.45, 7) is 0. The summed E-state index contributed by atoms with van der Waals surface area (Å²) < 4.78 is 2.28. The van der Waals surface area contributed by atoms with Crippen molar-refractivity contribution in [1.29, 1.82) is 0 Å². The van der Waals surface area contributed by atoms with Crippen LogP contribution in [0.25, 0.3) is 10.9 Å². The fourth-order valence-electron chi connectivity index (χ4n) is 2.70. The quantitative estimate of drug-likeness (QED) is 0.734. The van der Waals surface area contributed by atoms with Gasteiger partial charge in [0, 0.05) is 24.7 Å². The highest BCUT2D eigenvalue weighted by molar-refractivity contribution is 5.81. The summed E-state index contributed by atoms with van der Waals surface area (Å²) in [5, 5.41) is 9.87. The van der Waals surface area contributed by atoms with Gasteiger partial charge in [0.1, 0.15) is 0 Å². The van der Waals surface area contributed by atoms with Gasteiger partial charge in [-0.2, -0.15) is 0 Å². The fraction of sp³-hybridized carbons (Fsp3) is 0.471. The third kappa shape index (κ3) is 3.86. The summed E-state index contributed by atoms with van der Waals surface area (Å²) in [6, 6.07) is 10.7. The lowest BCUT2D eigenvalue weighted by Gasteiger charge is -2.04. The molecule has 108 valence electrons. The maximum atomic E-state index is 10.4. The van der Waals surface area contributed by atoms with Crippen LogP contribution in [0, 0.1) is 0 Å². The number of aromatic nitrogens is 1. The van der Waals surface area contributed by atoms with Crippen molar-refractivity contribution in [2.75, 3.05) is 0 Å². The molecule has 0 bridgehead atoms. The molecule has 2 aromatic rings. The van der Waals surface area contributed by atoms with Gasteiger partial charge < -0.3 is 9.67 Å². The minimum atomic E-state index is -0.680. The number of carboxylic acid groups (broad SMARTS) is 1. The summed E-state index contributed by atoms with van der Waals surface area (Å²) in [5.41, 5.74) is 2.68. The molecule has 0 spiro atoms. The molecule has 0 aliphatic heterocycles. The predicted octanol–water partition coefficient (Wildman–Crippen LogP) is 4.15. The van der Waals surface area contributed by atoms with Gasteiger partial charge in [0.25, 0.3) is 0 Å². The van der Waals surface area contributed by atoms with Gasteiger partial charge in [-0.25, -0.2) is 0 Å². The Balaban J connectivity index is 1.73. The van der Waals surface area contributed by atoms with E-state index in [9.17, 15) is 4.79 Å². The molecule has 0 aliphatic carbocycles. The lowest BCUT2D eigenvalue weighted by atomic mass is 10.1. The second kappa shape index (κ2) is 7.13. The first kappa shape index (κ1) is 14.6. The Bertz CT molecular complexity index is 571. The number of fused-ring (bicyclic) bond motifs is 1. The van der Waals surface area contributed by atoms with E-state index in [0.717, 1.165) is 25.7 Å². The molecule has 1 N–H and O–H groups in total. The number of hydrogen-bond donors (Lipinski definition) is 1. The molecule has 0 aliphatic rings. The molecule has 3 nitrogen and oxygen atoms in total. The van der Waals surface area contributed by atoms with Gasteiger partial charge in [-0.1, -0.05) is 37.5 Å². The number of benzene rings is 1. The summed E-state index contributed by atoms with van der Waals surface area (Å²) in [4.78, 5) is 10.4. The zero-order valence-corrected chi connectivity index (χ0v) is 12.1. The molecule has 20 heavy (non-hydrogen) atoms. The average molecular weight is 273 g/mol. The van der Waals surface area contributed by atoms with Crippen LogP contribution in [0.3, 0.4) is 0 Å². The summed E-state index contributed by atoms with van der Waals surface area (Å²) in [5.74, 6) is -0.680. The molecular formula is C17H23NO2. The van der Waals surface area contributed by atoms with E-state index in [1.165, 1.54) is 29.4 Å². The van der Waals surface area contributed by atoms with Crippen LogP contribution in [-0.4, -0.2) is 15.6 Å². The zero-order chi connectivity index (χ0) is 14.4. The first-order valence-electron chi connectivity index (χ1n) is 7.43. The van der Waals surface area contributed by atoms with Gasteiger partial charge in [-0.15, -0.1) is 0 Å². The van der Waals surface area contributed by atoms with Crippen LogP contribution in [0.5, 0.6) is 0 Å².